The summed E-state index contributed by atoms with van der Waals surface area (Å²) in [4.78, 5) is 2.39. The van der Waals surface area contributed by atoms with Crippen LogP contribution in [0.1, 0.15) is 41.0 Å². The first-order chi connectivity index (χ1) is 7.90. The number of hydrogen-bond donors (Lipinski definition) is 0. The Bertz CT molecular complexity index is 286. The monoisotopic (exact) mass is 235 g/mol. The van der Waals surface area contributed by atoms with Crippen LogP contribution in [0.15, 0.2) is 36.6 Å². The zero-order valence-electron chi connectivity index (χ0n) is 12.5. The molecule has 1 nitrogen and oxygen atoms in total. The first-order valence-corrected chi connectivity index (χ1v) is 6.61. The molecule has 0 heterocycles. The molecule has 1 heteroatoms. The third kappa shape index (κ3) is 4.07. The van der Waals surface area contributed by atoms with Crippen molar-refractivity contribution in [1.82, 2.24) is 4.90 Å². The van der Waals surface area contributed by atoms with Gasteiger partial charge in [0, 0.05) is 24.7 Å². The van der Waals surface area contributed by atoms with Crippen molar-refractivity contribution in [3.63, 3.8) is 0 Å². The molecule has 2 atom stereocenters. The molecule has 0 aliphatic rings. The molecule has 0 aliphatic heterocycles. The Labute approximate surface area is 108 Å². The van der Waals surface area contributed by atoms with E-state index >= 15 is 0 Å². The average Bonchev–Trinajstić information content (AvgIpc) is 2.32. The maximum Gasteiger partial charge on any atom is 0.0278 e. The van der Waals surface area contributed by atoms with Crippen molar-refractivity contribution in [1.29, 1.82) is 0 Å². The third-order valence-corrected chi connectivity index (χ3v) is 3.73. The summed E-state index contributed by atoms with van der Waals surface area (Å²) in [5.74, 6) is 1.01. The predicted molar refractivity (Wildman–Crippen MR) is 78.9 cm³/mol. The minimum absolute atomic E-state index is 0.365. The lowest BCUT2D eigenvalue weighted by Crippen LogP contribution is -2.33. The summed E-state index contributed by atoms with van der Waals surface area (Å²) in [5, 5.41) is 0. The van der Waals surface area contributed by atoms with Crippen LogP contribution in [0.25, 0.3) is 0 Å². The molecule has 0 aromatic heterocycles. The second-order valence-electron chi connectivity index (χ2n) is 5.08. The third-order valence-electron chi connectivity index (χ3n) is 3.73. The minimum atomic E-state index is 0.365. The fourth-order valence-corrected chi connectivity index (χ4v) is 2.04. The Morgan fingerprint density at radius 2 is 1.71 bits per heavy atom. The van der Waals surface area contributed by atoms with E-state index in [0.29, 0.717) is 17.9 Å². The highest BCUT2D eigenvalue weighted by atomic mass is 15.1. The van der Waals surface area contributed by atoms with Gasteiger partial charge in [0.15, 0.2) is 0 Å². The van der Waals surface area contributed by atoms with Gasteiger partial charge in [0.25, 0.3) is 0 Å². The van der Waals surface area contributed by atoms with Gasteiger partial charge in [-0.15, -0.1) is 6.58 Å². The van der Waals surface area contributed by atoms with Crippen molar-refractivity contribution in [2.24, 2.45) is 11.8 Å². The Morgan fingerprint density at radius 1 is 1.18 bits per heavy atom. The number of nitrogens with zero attached hydrogens (tertiary/aromatic N) is 1. The van der Waals surface area contributed by atoms with E-state index in [9.17, 15) is 0 Å². The SMILES string of the molecule is C=CC(=C(CC)N(C)C(C)C(C)C)C(C)C=C. The van der Waals surface area contributed by atoms with Crippen molar-refractivity contribution >= 4 is 0 Å². The molecule has 0 N–H and O–H groups in total. The zero-order chi connectivity index (χ0) is 13.6. The molecular formula is C16H29N. The summed E-state index contributed by atoms with van der Waals surface area (Å²) >= 11 is 0. The summed E-state index contributed by atoms with van der Waals surface area (Å²) in [7, 11) is 2.18. The van der Waals surface area contributed by atoms with Crippen LogP contribution < -0.4 is 0 Å². The zero-order valence-corrected chi connectivity index (χ0v) is 12.5. The van der Waals surface area contributed by atoms with E-state index in [1.807, 2.05) is 12.2 Å². The molecule has 0 aromatic rings. The van der Waals surface area contributed by atoms with Crippen molar-refractivity contribution < 1.29 is 0 Å². The molecule has 0 aliphatic carbocycles. The highest BCUT2D eigenvalue weighted by molar-refractivity contribution is 5.28. The first kappa shape index (κ1) is 16.0. The Hall–Kier alpha value is -0.980. The van der Waals surface area contributed by atoms with Crippen LogP contribution >= 0.6 is 0 Å². The second-order valence-corrected chi connectivity index (χ2v) is 5.08. The molecule has 98 valence electrons. The minimum Gasteiger partial charge on any atom is -0.375 e. The average molecular weight is 235 g/mol. The fraction of sp³-hybridized carbons (Fsp3) is 0.625. The lowest BCUT2D eigenvalue weighted by Gasteiger charge is -2.34. The van der Waals surface area contributed by atoms with E-state index in [4.69, 9.17) is 0 Å². The molecule has 0 rings (SSSR count). The van der Waals surface area contributed by atoms with Crippen molar-refractivity contribution in [2.75, 3.05) is 7.05 Å². The maximum absolute atomic E-state index is 3.95. The summed E-state index contributed by atoms with van der Waals surface area (Å²) in [6, 6.07) is 0.539. The van der Waals surface area contributed by atoms with Crippen LogP contribution in [0.3, 0.4) is 0 Å². The lowest BCUT2D eigenvalue weighted by molar-refractivity contribution is 0.250. The molecule has 17 heavy (non-hydrogen) atoms. The Kier molecular flexibility index (Phi) is 6.94. The van der Waals surface area contributed by atoms with Gasteiger partial charge in [-0.2, -0.15) is 0 Å². The molecule has 0 bridgehead atoms. The molecule has 0 saturated carbocycles. The van der Waals surface area contributed by atoms with E-state index in [0.717, 1.165) is 6.42 Å². The fourth-order valence-electron chi connectivity index (χ4n) is 2.04. The predicted octanol–water partition coefficient (Wildman–Crippen LogP) is 4.63. The summed E-state index contributed by atoms with van der Waals surface area (Å²) in [6.45, 7) is 19.0. The van der Waals surface area contributed by atoms with E-state index in [1.54, 1.807) is 0 Å². The largest absolute Gasteiger partial charge is 0.375 e. The normalized spacial score (nSPS) is 16.2. The van der Waals surface area contributed by atoms with E-state index in [1.165, 1.54) is 11.3 Å². The van der Waals surface area contributed by atoms with Crippen LogP contribution in [0.4, 0.5) is 0 Å². The number of hydrogen-bond acceptors (Lipinski definition) is 1. The highest BCUT2D eigenvalue weighted by Crippen LogP contribution is 2.25. The van der Waals surface area contributed by atoms with Crippen molar-refractivity contribution in [2.45, 2.75) is 47.1 Å². The van der Waals surface area contributed by atoms with Crippen molar-refractivity contribution in [3.05, 3.63) is 36.6 Å². The molecule has 0 fully saturated rings. The van der Waals surface area contributed by atoms with Crippen molar-refractivity contribution in [3.8, 4) is 0 Å². The van der Waals surface area contributed by atoms with E-state index in [2.05, 4.69) is 59.7 Å². The molecule has 0 aromatic carbocycles. The van der Waals surface area contributed by atoms with Crippen LogP contribution in [0, 0.1) is 11.8 Å². The molecule has 0 amide bonds. The Morgan fingerprint density at radius 3 is 2.00 bits per heavy atom. The standard InChI is InChI=1S/C16H29N/c1-9-13(6)15(10-2)16(11-3)17(8)14(7)12(4)5/h9-10,12-14H,1-2,11H2,3-8H3. The summed E-state index contributed by atoms with van der Waals surface area (Å²) < 4.78 is 0. The van der Waals surface area contributed by atoms with Crippen LogP contribution in [0.2, 0.25) is 0 Å². The molecule has 0 saturated heterocycles. The second kappa shape index (κ2) is 7.37. The topological polar surface area (TPSA) is 3.24 Å². The van der Waals surface area contributed by atoms with Gasteiger partial charge >= 0.3 is 0 Å². The van der Waals surface area contributed by atoms with Crippen LogP contribution in [0.5, 0.6) is 0 Å². The number of allylic oxidation sites excluding steroid dienone is 4. The van der Waals surface area contributed by atoms with Gasteiger partial charge < -0.3 is 4.90 Å². The van der Waals surface area contributed by atoms with Gasteiger partial charge in [-0.1, -0.05) is 46.4 Å². The van der Waals surface area contributed by atoms with Gasteiger partial charge in [0.05, 0.1) is 0 Å². The smallest absolute Gasteiger partial charge is 0.0278 e. The summed E-state index contributed by atoms with van der Waals surface area (Å²) in [6.07, 6.45) is 5.00. The quantitative estimate of drug-likeness (QED) is 0.459. The van der Waals surface area contributed by atoms with Gasteiger partial charge in [0.2, 0.25) is 0 Å². The van der Waals surface area contributed by atoms with E-state index in [-0.39, 0.29) is 0 Å². The van der Waals surface area contributed by atoms with Crippen LogP contribution in [-0.4, -0.2) is 18.0 Å². The van der Waals surface area contributed by atoms with Gasteiger partial charge in [-0.05, 0) is 24.8 Å². The molecular weight excluding hydrogens is 206 g/mol. The molecule has 0 radical (unpaired) electrons. The number of rotatable bonds is 7. The van der Waals surface area contributed by atoms with Crippen LogP contribution in [-0.2, 0) is 0 Å². The molecule has 2 unspecified atom stereocenters. The van der Waals surface area contributed by atoms with Gasteiger partial charge in [0.1, 0.15) is 0 Å². The highest BCUT2D eigenvalue weighted by Gasteiger charge is 2.18. The lowest BCUT2D eigenvalue weighted by atomic mass is 9.95. The van der Waals surface area contributed by atoms with E-state index < -0.39 is 0 Å². The molecule has 0 spiro atoms. The van der Waals surface area contributed by atoms with Gasteiger partial charge in [-0.3, -0.25) is 0 Å². The Balaban J connectivity index is 5.33. The first-order valence-electron chi connectivity index (χ1n) is 6.61. The van der Waals surface area contributed by atoms with Gasteiger partial charge in [-0.25, -0.2) is 0 Å². The summed E-state index contributed by atoms with van der Waals surface area (Å²) in [5.41, 5.74) is 2.69. The maximum atomic E-state index is 3.95.